The molecule has 0 atom stereocenters. The van der Waals surface area contributed by atoms with Gasteiger partial charge in [0.25, 0.3) is 11.2 Å². The van der Waals surface area contributed by atoms with E-state index in [0.717, 1.165) is 58.2 Å². The number of benzene rings is 2. The molecule has 0 amide bonds. The van der Waals surface area contributed by atoms with Gasteiger partial charge in [-0.25, -0.2) is 4.98 Å². The lowest BCUT2D eigenvalue weighted by molar-refractivity contribution is -0.498. The lowest BCUT2D eigenvalue weighted by Crippen LogP contribution is -2.43. The Balaban J connectivity index is 1.50. The van der Waals surface area contributed by atoms with Gasteiger partial charge in [0.05, 0.1) is 28.5 Å². The van der Waals surface area contributed by atoms with Crippen molar-refractivity contribution in [2.24, 2.45) is 5.73 Å². The van der Waals surface area contributed by atoms with Crippen molar-refractivity contribution in [3.8, 4) is 28.2 Å². The molecule has 0 bridgehead atoms. The molecule has 7 rings (SSSR count). The van der Waals surface area contributed by atoms with Gasteiger partial charge in [0, 0.05) is 23.5 Å². The van der Waals surface area contributed by atoms with Crippen molar-refractivity contribution in [2.75, 3.05) is 0 Å². The number of rotatable bonds is 4. The minimum absolute atomic E-state index is 0.241. The SMILES string of the molecule is NC1(c2ccc(-n3nc(-c4cnc[nH]c4=O)[n+]4ccc5ncc(-c6ccccc6)cc5c34)cc2)CCC1. The van der Waals surface area contributed by atoms with Crippen molar-refractivity contribution in [2.45, 2.75) is 24.8 Å². The molecule has 8 heteroatoms. The summed E-state index contributed by atoms with van der Waals surface area (Å²) in [4.78, 5) is 24.3. The molecule has 0 spiro atoms. The van der Waals surface area contributed by atoms with E-state index in [0.29, 0.717) is 11.4 Å². The quantitative estimate of drug-likeness (QED) is 0.368. The second kappa shape index (κ2) is 8.18. The molecule has 1 fully saturated rings. The van der Waals surface area contributed by atoms with Gasteiger partial charge in [0.2, 0.25) is 0 Å². The van der Waals surface area contributed by atoms with Crippen LogP contribution in [0.1, 0.15) is 24.8 Å². The highest BCUT2D eigenvalue weighted by Crippen LogP contribution is 2.39. The Bertz CT molecular complexity index is 1830. The Morgan fingerprint density at radius 1 is 0.973 bits per heavy atom. The molecule has 1 saturated carbocycles. The zero-order valence-corrected chi connectivity index (χ0v) is 20.0. The Labute approximate surface area is 212 Å². The second-order valence-electron chi connectivity index (χ2n) is 9.62. The fourth-order valence-corrected chi connectivity index (χ4v) is 5.15. The smallest absolute Gasteiger partial charge is 0.321 e. The van der Waals surface area contributed by atoms with Crippen LogP contribution in [0, 0.1) is 0 Å². The average molecular weight is 487 g/mol. The number of hydrogen-bond donors (Lipinski definition) is 2. The van der Waals surface area contributed by atoms with Gasteiger partial charge in [-0.3, -0.25) is 9.78 Å². The number of nitrogens with one attached hydrogen (secondary N) is 1. The zero-order valence-electron chi connectivity index (χ0n) is 20.0. The van der Waals surface area contributed by atoms with Crippen molar-refractivity contribution in [1.82, 2.24) is 24.7 Å². The van der Waals surface area contributed by atoms with Crippen molar-refractivity contribution < 1.29 is 4.40 Å². The van der Waals surface area contributed by atoms with E-state index in [1.807, 2.05) is 57.9 Å². The monoisotopic (exact) mass is 486 g/mol. The van der Waals surface area contributed by atoms with E-state index in [1.165, 1.54) is 6.33 Å². The molecule has 37 heavy (non-hydrogen) atoms. The van der Waals surface area contributed by atoms with Crippen molar-refractivity contribution in [1.29, 1.82) is 0 Å². The lowest BCUT2D eigenvalue weighted by atomic mass is 9.73. The highest BCUT2D eigenvalue weighted by atomic mass is 16.1. The predicted molar refractivity (Wildman–Crippen MR) is 141 cm³/mol. The van der Waals surface area contributed by atoms with Crippen LogP contribution in [0.5, 0.6) is 0 Å². The number of hydrogen-bond acceptors (Lipinski definition) is 5. The molecule has 0 radical (unpaired) electrons. The number of pyridine rings is 2. The Morgan fingerprint density at radius 3 is 2.51 bits per heavy atom. The van der Waals surface area contributed by atoms with Crippen LogP contribution in [0.15, 0.2) is 96.4 Å². The molecule has 6 aromatic rings. The standard InChI is InChI=1S/C29H23N7O/c30-29(12-4-13-29)21-7-9-22(10-8-21)36-28-23-15-20(19-5-2-1-3-6-19)16-32-25(23)11-14-35(28)26(34-36)24-17-31-18-33-27(24)37/h1-3,5-11,14-18H,4,12-13,30H2/p+1. The number of aromatic amines is 1. The van der Waals surface area contributed by atoms with Crippen LogP contribution in [-0.4, -0.2) is 24.7 Å². The number of H-pyrrole nitrogens is 1. The van der Waals surface area contributed by atoms with Crippen LogP contribution < -0.4 is 15.7 Å². The molecule has 2 aromatic carbocycles. The van der Waals surface area contributed by atoms with Crippen LogP contribution in [0.3, 0.4) is 0 Å². The van der Waals surface area contributed by atoms with Crippen LogP contribution in [0.4, 0.5) is 0 Å². The van der Waals surface area contributed by atoms with Crippen LogP contribution in [0.2, 0.25) is 0 Å². The minimum atomic E-state index is -0.254. The molecule has 180 valence electrons. The Morgan fingerprint density at radius 2 is 1.78 bits per heavy atom. The first-order valence-electron chi connectivity index (χ1n) is 12.3. The van der Waals surface area contributed by atoms with Gasteiger partial charge in [-0.15, -0.1) is 0 Å². The summed E-state index contributed by atoms with van der Waals surface area (Å²) in [6.45, 7) is 0. The molecule has 0 aliphatic heterocycles. The first-order chi connectivity index (χ1) is 18.1. The summed E-state index contributed by atoms with van der Waals surface area (Å²) >= 11 is 0. The molecule has 8 nitrogen and oxygen atoms in total. The normalized spacial score (nSPS) is 14.6. The third-order valence-electron chi connectivity index (χ3n) is 7.39. The largest absolute Gasteiger partial charge is 0.321 e. The summed E-state index contributed by atoms with van der Waals surface area (Å²) in [6, 6.07) is 22.5. The molecule has 0 unspecified atom stereocenters. The van der Waals surface area contributed by atoms with E-state index in [2.05, 4.69) is 40.3 Å². The van der Waals surface area contributed by atoms with Gasteiger partial charge in [0.1, 0.15) is 11.3 Å². The van der Waals surface area contributed by atoms with E-state index in [1.54, 1.807) is 6.20 Å². The highest BCUT2D eigenvalue weighted by Gasteiger charge is 2.34. The van der Waals surface area contributed by atoms with E-state index < -0.39 is 0 Å². The number of nitrogens with zero attached hydrogens (tertiary/aromatic N) is 5. The summed E-state index contributed by atoms with van der Waals surface area (Å²) in [5.74, 6) is 0.495. The summed E-state index contributed by atoms with van der Waals surface area (Å²) in [6.07, 6.45) is 9.86. The Hall–Kier alpha value is -4.69. The number of fused-ring (bicyclic) bond motifs is 3. The average Bonchev–Trinajstić information content (AvgIpc) is 3.32. The molecule has 1 aliphatic carbocycles. The van der Waals surface area contributed by atoms with Crippen molar-refractivity contribution >= 4 is 16.6 Å². The maximum atomic E-state index is 12.7. The summed E-state index contributed by atoms with van der Waals surface area (Å²) in [5, 5.41) is 5.85. The van der Waals surface area contributed by atoms with Crippen LogP contribution in [0.25, 0.3) is 44.8 Å². The fourth-order valence-electron chi connectivity index (χ4n) is 5.15. The van der Waals surface area contributed by atoms with Gasteiger partial charge < -0.3 is 10.7 Å². The summed E-state index contributed by atoms with van der Waals surface area (Å²) in [7, 11) is 0. The predicted octanol–water partition coefficient (Wildman–Crippen LogP) is 3.91. The molecule has 4 aromatic heterocycles. The maximum absolute atomic E-state index is 12.7. The van der Waals surface area contributed by atoms with Gasteiger partial charge in [-0.2, -0.15) is 4.40 Å². The van der Waals surface area contributed by atoms with E-state index in [-0.39, 0.29) is 11.1 Å². The van der Waals surface area contributed by atoms with Gasteiger partial charge in [-0.1, -0.05) is 47.1 Å². The van der Waals surface area contributed by atoms with E-state index in [4.69, 9.17) is 15.8 Å². The Kier molecular flexibility index (Phi) is 4.77. The molecule has 3 N–H and O–H groups in total. The first kappa shape index (κ1) is 21.6. The summed E-state index contributed by atoms with van der Waals surface area (Å²) in [5.41, 5.74) is 12.2. The van der Waals surface area contributed by atoms with E-state index in [9.17, 15) is 4.79 Å². The molecule has 0 saturated heterocycles. The molecule has 4 heterocycles. The highest BCUT2D eigenvalue weighted by molar-refractivity contribution is 5.93. The van der Waals surface area contributed by atoms with E-state index >= 15 is 0 Å². The van der Waals surface area contributed by atoms with Gasteiger partial charge in [-0.05, 0) is 54.7 Å². The molecular weight excluding hydrogens is 462 g/mol. The van der Waals surface area contributed by atoms with Crippen molar-refractivity contribution in [3.05, 3.63) is 108 Å². The third kappa shape index (κ3) is 3.45. The zero-order chi connectivity index (χ0) is 25.0. The maximum Gasteiger partial charge on any atom is 0.321 e. The first-order valence-corrected chi connectivity index (χ1v) is 12.3. The van der Waals surface area contributed by atoms with Crippen molar-refractivity contribution in [3.63, 3.8) is 0 Å². The van der Waals surface area contributed by atoms with Crippen LogP contribution >= 0.6 is 0 Å². The number of nitrogens with two attached hydrogens (primary N) is 1. The van der Waals surface area contributed by atoms with Gasteiger partial charge >= 0.3 is 5.82 Å². The molecular formula is C29H24N7O+. The third-order valence-corrected chi connectivity index (χ3v) is 7.39. The second-order valence-corrected chi connectivity index (χ2v) is 9.62. The minimum Gasteiger partial charge on any atom is -0.321 e. The van der Waals surface area contributed by atoms with Gasteiger partial charge in [0.15, 0.2) is 0 Å². The number of aromatic nitrogens is 6. The van der Waals surface area contributed by atoms with Crippen LogP contribution in [-0.2, 0) is 5.54 Å². The topological polar surface area (TPSA) is 107 Å². The fraction of sp³-hybridized carbons (Fsp3) is 0.138. The molecule has 1 aliphatic rings. The lowest BCUT2D eigenvalue weighted by Gasteiger charge is -2.38. The summed E-state index contributed by atoms with van der Waals surface area (Å²) < 4.78 is 3.80.